The molecule has 0 aliphatic carbocycles. The van der Waals surface area contributed by atoms with Gasteiger partial charge in [0.25, 0.3) is 11.6 Å². The molecule has 0 aliphatic rings. The third-order valence-electron chi connectivity index (χ3n) is 2.84. The molecular weight excluding hydrogens is 266 g/mol. The number of esters is 1. The van der Waals surface area contributed by atoms with Crippen molar-refractivity contribution in [1.29, 1.82) is 0 Å². The first-order valence-electron chi connectivity index (χ1n) is 5.97. The van der Waals surface area contributed by atoms with Gasteiger partial charge in [-0.25, -0.2) is 4.79 Å². The van der Waals surface area contributed by atoms with Gasteiger partial charge in [0, 0.05) is 13.1 Å². The lowest BCUT2D eigenvalue weighted by Crippen LogP contribution is -2.45. The molecule has 1 unspecified atom stereocenters. The number of hydrogen-bond acceptors (Lipinski definition) is 5. The summed E-state index contributed by atoms with van der Waals surface area (Å²) < 4.78 is 5.95. The number of nitrogens with one attached hydrogen (secondary N) is 1. The maximum absolute atomic E-state index is 12.1. The summed E-state index contributed by atoms with van der Waals surface area (Å²) in [6.07, 6.45) is 1.23. The van der Waals surface area contributed by atoms with Gasteiger partial charge in [0.2, 0.25) is 0 Å². The van der Waals surface area contributed by atoms with Crippen molar-refractivity contribution in [1.82, 2.24) is 9.88 Å². The van der Waals surface area contributed by atoms with Gasteiger partial charge in [-0.1, -0.05) is 13.8 Å². The van der Waals surface area contributed by atoms with Crippen LogP contribution in [0.1, 0.15) is 24.3 Å². The number of carbonyl (C=O) groups excluding carboxylic acids is 2. The van der Waals surface area contributed by atoms with Crippen LogP contribution in [0.4, 0.5) is 5.69 Å². The van der Waals surface area contributed by atoms with Crippen molar-refractivity contribution in [3.8, 4) is 0 Å². The zero-order chi connectivity index (χ0) is 15.4. The van der Waals surface area contributed by atoms with Gasteiger partial charge in [-0.3, -0.25) is 14.9 Å². The predicted molar refractivity (Wildman–Crippen MR) is 70.2 cm³/mol. The molecule has 0 saturated heterocycles. The maximum Gasteiger partial charge on any atom is 0.328 e. The average molecular weight is 283 g/mol. The average Bonchev–Trinajstić information content (AvgIpc) is 2.76. The van der Waals surface area contributed by atoms with Gasteiger partial charge in [0.15, 0.2) is 0 Å². The first-order chi connectivity index (χ1) is 9.27. The summed E-state index contributed by atoms with van der Waals surface area (Å²) in [5.74, 6) is -1.29. The van der Waals surface area contributed by atoms with Crippen LogP contribution in [-0.2, 0) is 16.6 Å². The van der Waals surface area contributed by atoms with Gasteiger partial charge in [-0.05, 0) is 5.92 Å². The minimum atomic E-state index is -0.804. The Hall–Kier alpha value is -2.38. The van der Waals surface area contributed by atoms with E-state index in [0.717, 1.165) is 6.07 Å². The predicted octanol–water partition coefficient (Wildman–Crippen LogP) is 0.861. The summed E-state index contributed by atoms with van der Waals surface area (Å²) >= 11 is 0. The molecule has 8 heteroatoms. The fourth-order valence-corrected chi connectivity index (χ4v) is 1.71. The summed E-state index contributed by atoms with van der Waals surface area (Å²) in [5, 5.41) is 13.2. The number of amides is 1. The van der Waals surface area contributed by atoms with E-state index < -0.39 is 22.8 Å². The van der Waals surface area contributed by atoms with Crippen LogP contribution >= 0.6 is 0 Å². The molecule has 0 saturated carbocycles. The summed E-state index contributed by atoms with van der Waals surface area (Å²) in [6.45, 7) is 3.52. The first-order valence-corrected chi connectivity index (χ1v) is 5.97. The Labute approximate surface area is 115 Å². The molecule has 0 aromatic carbocycles. The molecular formula is C12H17N3O5. The van der Waals surface area contributed by atoms with Gasteiger partial charge in [-0.15, -0.1) is 0 Å². The minimum Gasteiger partial charge on any atom is -0.467 e. The van der Waals surface area contributed by atoms with Crippen molar-refractivity contribution in [2.45, 2.75) is 19.9 Å². The first kappa shape index (κ1) is 15.7. The van der Waals surface area contributed by atoms with Crippen molar-refractivity contribution in [3.63, 3.8) is 0 Å². The van der Waals surface area contributed by atoms with E-state index in [4.69, 9.17) is 0 Å². The lowest BCUT2D eigenvalue weighted by atomic mass is 10.0. The van der Waals surface area contributed by atoms with Crippen LogP contribution in [-0.4, -0.2) is 34.5 Å². The van der Waals surface area contributed by atoms with Crippen LogP contribution in [0, 0.1) is 16.0 Å². The fraction of sp³-hybridized carbons (Fsp3) is 0.500. The minimum absolute atomic E-state index is 0.103. The molecule has 0 spiro atoms. The second kappa shape index (κ2) is 6.18. The number of nitro groups is 1. The van der Waals surface area contributed by atoms with Crippen LogP contribution in [0.15, 0.2) is 12.3 Å². The molecule has 1 rings (SSSR count). The largest absolute Gasteiger partial charge is 0.467 e. The van der Waals surface area contributed by atoms with E-state index in [-0.39, 0.29) is 17.3 Å². The zero-order valence-corrected chi connectivity index (χ0v) is 11.7. The molecule has 1 amide bonds. The number of aryl methyl sites for hydroxylation is 1. The Kier molecular flexibility index (Phi) is 4.84. The van der Waals surface area contributed by atoms with E-state index in [9.17, 15) is 19.7 Å². The number of hydrogen-bond donors (Lipinski definition) is 1. The SMILES string of the molecule is COC(=O)C(NC(=O)c1cc([N+](=O)[O-])cn1C)C(C)C. The second-order valence-corrected chi connectivity index (χ2v) is 4.67. The molecule has 20 heavy (non-hydrogen) atoms. The van der Waals surface area contributed by atoms with Gasteiger partial charge < -0.3 is 14.6 Å². The Morgan fingerprint density at radius 3 is 2.45 bits per heavy atom. The highest BCUT2D eigenvalue weighted by atomic mass is 16.6. The van der Waals surface area contributed by atoms with E-state index in [1.54, 1.807) is 13.8 Å². The van der Waals surface area contributed by atoms with E-state index in [0.29, 0.717) is 0 Å². The topological polar surface area (TPSA) is 103 Å². The number of rotatable bonds is 5. The van der Waals surface area contributed by atoms with Crippen LogP contribution in [0.2, 0.25) is 0 Å². The quantitative estimate of drug-likeness (QED) is 0.490. The highest BCUT2D eigenvalue weighted by molar-refractivity contribution is 5.96. The summed E-state index contributed by atoms with van der Waals surface area (Å²) in [4.78, 5) is 33.7. The normalized spacial score (nSPS) is 12.1. The summed E-state index contributed by atoms with van der Waals surface area (Å²) in [7, 11) is 2.75. The summed E-state index contributed by atoms with van der Waals surface area (Å²) in [5.41, 5.74) is -0.0805. The Morgan fingerprint density at radius 1 is 1.45 bits per heavy atom. The molecule has 0 bridgehead atoms. The Morgan fingerprint density at radius 2 is 2.05 bits per heavy atom. The number of methoxy groups -OCH3 is 1. The fourth-order valence-electron chi connectivity index (χ4n) is 1.71. The van der Waals surface area contributed by atoms with Gasteiger partial charge in [0.1, 0.15) is 11.7 Å². The monoisotopic (exact) mass is 283 g/mol. The zero-order valence-electron chi connectivity index (χ0n) is 11.7. The van der Waals surface area contributed by atoms with Crippen LogP contribution in [0.3, 0.4) is 0 Å². The molecule has 1 atom stereocenters. The van der Waals surface area contributed by atoms with Crippen molar-refractivity contribution in [3.05, 3.63) is 28.1 Å². The van der Waals surface area contributed by atoms with E-state index in [1.807, 2.05) is 0 Å². The molecule has 110 valence electrons. The van der Waals surface area contributed by atoms with E-state index >= 15 is 0 Å². The number of aromatic nitrogens is 1. The molecule has 1 aromatic rings. The summed E-state index contributed by atoms with van der Waals surface area (Å²) in [6, 6.07) is 0.353. The lowest BCUT2D eigenvalue weighted by molar-refractivity contribution is -0.384. The van der Waals surface area contributed by atoms with Crippen LogP contribution in [0.25, 0.3) is 0 Å². The molecule has 1 aromatic heterocycles. The number of ether oxygens (including phenoxy) is 1. The molecule has 0 aliphatic heterocycles. The van der Waals surface area contributed by atoms with Crippen molar-refractivity contribution < 1.29 is 19.2 Å². The molecule has 1 heterocycles. The molecule has 8 nitrogen and oxygen atoms in total. The molecule has 0 fully saturated rings. The molecule has 0 radical (unpaired) electrons. The van der Waals surface area contributed by atoms with Crippen molar-refractivity contribution in [2.24, 2.45) is 13.0 Å². The van der Waals surface area contributed by atoms with Crippen molar-refractivity contribution in [2.75, 3.05) is 7.11 Å². The standard InChI is InChI=1S/C12H17N3O5/c1-7(2)10(12(17)20-4)13-11(16)9-5-8(15(18)19)6-14(9)3/h5-7,10H,1-4H3,(H,13,16). The van der Waals surface area contributed by atoms with Gasteiger partial charge >= 0.3 is 5.97 Å². The smallest absolute Gasteiger partial charge is 0.328 e. The number of carbonyl (C=O) groups is 2. The molecule has 1 N–H and O–H groups in total. The van der Waals surface area contributed by atoms with E-state index in [2.05, 4.69) is 10.1 Å². The van der Waals surface area contributed by atoms with Crippen LogP contribution < -0.4 is 5.32 Å². The van der Waals surface area contributed by atoms with E-state index in [1.165, 1.54) is 24.9 Å². The Bertz CT molecular complexity index is 535. The third kappa shape index (κ3) is 3.34. The van der Waals surface area contributed by atoms with Crippen LogP contribution in [0.5, 0.6) is 0 Å². The third-order valence-corrected chi connectivity index (χ3v) is 2.84. The highest BCUT2D eigenvalue weighted by Crippen LogP contribution is 2.15. The number of nitrogens with zero attached hydrogens (tertiary/aromatic N) is 2. The maximum atomic E-state index is 12.1. The lowest BCUT2D eigenvalue weighted by Gasteiger charge is -2.19. The van der Waals surface area contributed by atoms with Crippen molar-refractivity contribution >= 4 is 17.6 Å². The second-order valence-electron chi connectivity index (χ2n) is 4.67. The van der Waals surface area contributed by atoms with Gasteiger partial charge in [-0.2, -0.15) is 0 Å². The highest BCUT2D eigenvalue weighted by Gasteiger charge is 2.27. The van der Waals surface area contributed by atoms with Gasteiger partial charge in [0.05, 0.1) is 18.2 Å². The Balaban J connectivity index is 2.95.